The Morgan fingerprint density at radius 1 is 1.80 bits per heavy atom. The van der Waals surface area contributed by atoms with E-state index < -0.39 is 11.1 Å². The fraction of sp³-hybridized carbons (Fsp3) is 0.333. The Hall–Kier alpha value is -0.950. The zero-order valence-electron chi connectivity index (χ0n) is 4.85. The highest BCUT2D eigenvalue weighted by molar-refractivity contribution is 8.11. The van der Waals surface area contributed by atoms with Crippen LogP contribution in [0.1, 0.15) is 0 Å². The second-order valence-electron chi connectivity index (χ2n) is 1.48. The summed E-state index contributed by atoms with van der Waals surface area (Å²) in [4.78, 5) is 21.2. The highest BCUT2D eigenvalue weighted by Gasteiger charge is 2.24. The molecule has 6 nitrogen and oxygen atoms in total. The number of hydrogen-bond acceptors (Lipinski definition) is 6. The molecule has 0 unspecified atom stereocenters. The molecule has 0 aromatic carbocycles. The van der Waals surface area contributed by atoms with Crippen LogP contribution in [0.4, 0.5) is 4.79 Å². The van der Waals surface area contributed by atoms with Crippen LogP contribution < -0.4 is 5.14 Å². The monoisotopic (exact) mass is 160 g/mol. The molecule has 0 saturated carbocycles. The van der Waals surface area contributed by atoms with Crippen molar-refractivity contribution in [3.8, 4) is 0 Å². The minimum absolute atomic E-state index is 0.0632. The van der Waals surface area contributed by atoms with Crippen LogP contribution in [0.2, 0.25) is 0 Å². The van der Waals surface area contributed by atoms with Crippen molar-refractivity contribution in [1.29, 1.82) is 0 Å². The van der Waals surface area contributed by atoms with Gasteiger partial charge in [0.25, 0.3) is 5.91 Å². The van der Waals surface area contributed by atoms with Gasteiger partial charge in [-0.15, -0.1) is 5.01 Å². The largest absolute Gasteiger partial charge is 0.325 e. The lowest BCUT2D eigenvalue weighted by Gasteiger charge is -2.02. The Morgan fingerprint density at radius 2 is 2.50 bits per heavy atom. The molecule has 0 radical (unpaired) electrons. The van der Waals surface area contributed by atoms with E-state index in [1.165, 1.54) is 0 Å². The lowest BCUT2D eigenvalue weighted by Crippen LogP contribution is -2.27. The van der Waals surface area contributed by atoms with E-state index in [0.29, 0.717) is 17.0 Å². The molecular formula is C3H4N4O2S. The van der Waals surface area contributed by atoms with Gasteiger partial charge in [-0.25, -0.2) is 0 Å². The van der Waals surface area contributed by atoms with Crippen molar-refractivity contribution < 1.29 is 9.59 Å². The van der Waals surface area contributed by atoms with E-state index in [1.807, 2.05) is 0 Å². The lowest BCUT2D eigenvalue weighted by atomic mass is 10.6. The second-order valence-corrected chi connectivity index (χ2v) is 2.06. The maximum atomic E-state index is 10.6. The lowest BCUT2D eigenvalue weighted by molar-refractivity contribution is -0.124. The molecule has 1 aliphatic rings. The van der Waals surface area contributed by atoms with Crippen LogP contribution in [0.3, 0.4) is 0 Å². The third kappa shape index (κ3) is 1.14. The highest BCUT2D eigenvalue weighted by atomic mass is 32.2. The zero-order chi connectivity index (χ0) is 7.56. The average molecular weight is 160 g/mol. The predicted molar refractivity (Wildman–Crippen MR) is 33.7 cm³/mol. The molecule has 54 valence electrons. The molecule has 0 aromatic heterocycles. The van der Waals surface area contributed by atoms with Crippen molar-refractivity contribution in [2.45, 2.75) is 0 Å². The summed E-state index contributed by atoms with van der Waals surface area (Å²) < 4.78 is 0. The van der Waals surface area contributed by atoms with Gasteiger partial charge in [-0.05, 0) is 0 Å². The second kappa shape index (κ2) is 2.76. The molecule has 2 amide bonds. The molecule has 0 saturated heterocycles. The fourth-order valence-electron chi connectivity index (χ4n) is 0.460. The quantitative estimate of drug-likeness (QED) is 0.502. The smallest absolute Gasteiger partial charge is 0.270 e. The third-order valence-corrected chi connectivity index (χ3v) is 1.24. The van der Waals surface area contributed by atoms with Crippen LogP contribution in [0.15, 0.2) is 10.3 Å². The standard InChI is InChI=1S/C3H4N4O2S/c4-10-3(9)7-2(8)1-5-6-7/h1,4H2. The number of nitrogens with zero attached hydrogens (tertiary/aromatic N) is 3. The van der Waals surface area contributed by atoms with Crippen molar-refractivity contribution in [1.82, 2.24) is 5.01 Å². The Bertz CT molecular complexity index is 203. The minimum Gasteiger partial charge on any atom is -0.270 e. The van der Waals surface area contributed by atoms with Crippen LogP contribution >= 0.6 is 11.9 Å². The van der Waals surface area contributed by atoms with E-state index >= 15 is 0 Å². The van der Waals surface area contributed by atoms with Gasteiger partial charge < -0.3 is 0 Å². The summed E-state index contributed by atoms with van der Waals surface area (Å²) in [6, 6.07) is 0. The molecule has 1 rings (SSSR count). The first-order valence-electron chi connectivity index (χ1n) is 2.37. The van der Waals surface area contributed by atoms with Gasteiger partial charge in [-0.2, -0.15) is 5.11 Å². The minimum atomic E-state index is -0.605. The van der Waals surface area contributed by atoms with Gasteiger partial charge >= 0.3 is 5.24 Å². The van der Waals surface area contributed by atoms with Crippen molar-refractivity contribution >= 4 is 23.1 Å². The van der Waals surface area contributed by atoms with Crippen LogP contribution in [-0.4, -0.2) is 22.7 Å². The molecule has 2 N–H and O–H groups in total. The molecule has 0 fully saturated rings. The highest BCUT2D eigenvalue weighted by Crippen LogP contribution is 2.08. The first-order valence-corrected chi connectivity index (χ1v) is 3.24. The maximum Gasteiger partial charge on any atom is 0.325 e. The first-order chi connectivity index (χ1) is 4.75. The molecule has 0 aliphatic carbocycles. The van der Waals surface area contributed by atoms with Crippen LogP contribution in [0.5, 0.6) is 0 Å². The number of hydrogen-bond donors (Lipinski definition) is 1. The van der Waals surface area contributed by atoms with Gasteiger partial charge in [0, 0.05) is 11.9 Å². The Morgan fingerprint density at radius 3 is 2.90 bits per heavy atom. The molecule has 7 heteroatoms. The van der Waals surface area contributed by atoms with Crippen molar-refractivity contribution in [3.63, 3.8) is 0 Å². The molecule has 0 aromatic rings. The van der Waals surface area contributed by atoms with E-state index in [2.05, 4.69) is 10.3 Å². The number of carbonyl (C=O) groups is 2. The Labute approximate surface area is 60.6 Å². The summed E-state index contributed by atoms with van der Waals surface area (Å²) in [7, 11) is 0. The van der Waals surface area contributed by atoms with Gasteiger partial charge in [0.15, 0.2) is 0 Å². The summed E-state index contributed by atoms with van der Waals surface area (Å²) in [6.45, 7) is -0.0632. The Balaban J connectivity index is 2.64. The molecule has 1 aliphatic heterocycles. The fourth-order valence-corrected chi connectivity index (χ4v) is 0.699. The van der Waals surface area contributed by atoms with Crippen molar-refractivity contribution in [2.24, 2.45) is 15.5 Å². The summed E-state index contributed by atoms with van der Waals surface area (Å²) in [5.74, 6) is -0.442. The topological polar surface area (TPSA) is 88.1 Å². The normalized spacial score (nSPS) is 16.5. The molecular weight excluding hydrogens is 156 g/mol. The number of amides is 2. The molecule has 1 heterocycles. The number of nitrogens with two attached hydrogens (primary N) is 1. The molecule has 0 atom stereocenters. The molecule has 10 heavy (non-hydrogen) atoms. The molecule has 0 bridgehead atoms. The van der Waals surface area contributed by atoms with Crippen LogP contribution in [0, 0.1) is 0 Å². The number of imide groups is 1. The summed E-state index contributed by atoms with van der Waals surface area (Å²) in [6.07, 6.45) is 0. The predicted octanol–water partition coefficient (Wildman–Crippen LogP) is -0.0773. The average Bonchev–Trinajstić information content (AvgIpc) is 2.34. The Kier molecular flexibility index (Phi) is 1.97. The van der Waals surface area contributed by atoms with E-state index in [1.54, 1.807) is 0 Å². The van der Waals surface area contributed by atoms with Crippen molar-refractivity contribution in [2.75, 3.05) is 6.54 Å². The van der Waals surface area contributed by atoms with E-state index in [4.69, 9.17) is 5.14 Å². The maximum absolute atomic E-state index is 10.6. The van der Waals surface area contributed by atoms with Gasteiger partial charge in [0.1, 0.15) is 6.54 Å². The van der Waals surface area contributed by atoms with Gasteiger partial charge in [-0.3, -0.25) is 14.7 Å². The van der Waals surface area contributed by atoms with Crippen molar-refractivity contribution in [3.05, 3.63) is 0 Å². The first kappa shape index (κ1) is 7.16. The SMILES string of the molecule is NSC(=O)N1N=NCC1=O. The third-order valence-electron chi connectivity index (χ3n) is 0.869. The van der Waals surface area contributed by atoms with Crippen LogP contribution in [-0.2, 0) is 4.79 Å². The summed E-state index contributed by atoms with van der Waals surface area (Å²) in [5.41, 5.74) is 0. The summed E-state index contributed by atoms with van der Waals surface area (Å²) >= 11 is 0.438. The van der Waals surface area contributed by atoms with Gasteiger partial charge in [0.2, 0.25) is 0 Å². The molecule has 0 spiro atoms. The van der Waals surface area contributed by atoms with Gasteiger partial charge in [-0.1, -0.05) is 5.22 Å². The van der Waals surface area contributed by atoms with E-state index in [0.717, 1.165) is 0 Å². The van der Waals surface area contributed by atoms with Crippen LogP contribution in [0.25, 0.3) is 0 Å². The van der Waals surface area contributed by atoms with E-state index in [9.17, 15) is 9.59 Å². The summed E-state index contributed by atoms with van der Waals surface area (Å²) in [5, 5.41) is 11.5. The van der Waals surface area contributed by atoms with E-state index in [-0.39, 0.29) is 6.54 Å². The number of carbonyl (C=O) groups excluding carboxylic acids is 2. The van der Waals surface area contributed by atoms with Gasteiger partial charge in [0.05, 0.1) is 0 Å². The zero-order valence-corrected chi connectivity index (χ0v) is 5.67. The number of rotatable bonds is 0.